The van der Waals surface area contributed by atoms with Crippen molar-refractivity contribution in [2.45, 2.75) is 52.0 Å². The molecule has 0 atom stereocenters. The van der Waals surface area contributed by atoms with Gasteiger partial charge in [-0.1, -0.05) is 26.0 Å². The predicted octanol–water partition coefficient (Wildman–Crippen LogP) is 5.20. The molecule has 0 aliphatic rings. The molecule has 0 fully saturated rings. The van der Waals surface area contributed by atoms with E-state index in [-0.39, 0.29) is 17.3 Å². The van der Waals surface area contributed by atoms with Crippen LogP contribution in [0, 0.1) is 19.3 Å². The van der Waals surface area contributed by atoms with Gasteiger partial charge in [-0.15, -0.1) is 0 Å². The van der Waals surface area contributed by atoms with E-state index >= 15 is 0 Å². The standard InChI is InChI=1S/C26H32N2O5S/c1-19-8-9-20(2)24(17-19)33-16-6-14-26(3,4)25(29)28-21-10-12-23(13-11-21)34(30,31)27-18-22-7-5-15-32-22/h5,7-13,15,17,27H,6,14,16,18H2,1-4H3,(H,28,29). The van der Waals surface area contributed by atoms with Crippen molar-refractivity contribution in [1.29, 1.82) is 0 Å². The van der Waals surface area contributed by atoms with Crippen molar-refractivity contribution in [2.75, 3.05) is 11.9 Å². The van der Waals surface area contributed by atoms with E-state index in [0.717, 1.165) is 23.3 Å². The molecule has 3 rings (SSSR count). The molecule has 0 bridgehead atoms. The van der Waals surface area contributed by atoms with E-state index in [2.05, 4.69) is 16.1 Å². The molecule has 182 valence electrons. The van der Waals surface area contributed by atoms with Crippen LogP contribution in [0.4, 0.5) is 5.69 Å². The lowest BCUT2D eigenvalue weighted by Crippen LogP contribution is -2.31. The highest BCUT2D eigenvalue weighted by Crippen LogP contribution is 2.26. The number of hydrogen-bond acceptors (Lipinski definition) is 5. The molecule has 0 unspecified atom stereocenters. The molecule has 3 aromatic rings. The lowest BCUT2D eigenvalue weighted by Gasteiger charge is -2.24. The van der Waals surface area contributed by atoms with Crippen molar-refractivity contribution in [2.24, 2.45) is 5.41 Å². The SMILES string of the molecule is Cc1ccc(C)c(OCCCC(C)(C)C(=O)Nc2ccc(S(=O)(=O)NCc3ccco3)cc2)c1. The second-order valence-electron chi connectivity index (χ2n) is 8.99. The minimum absolute atomic E-state index is 0.0647. The molecule has 34 heavy (non-hydrogen) atoms. The maximum atomic E-state index is 12.8. The zero-order valence-corrected chi connectivity index (χ0v) is 20.9. The first-order valence-corrected chi connectivity index (χ1v) is 12.7. The van der Waals surface area contributed by atoms with Crippen molar-refractivity contribution in [3.63, 3.8) is 0 Å². The van der Waals surface area contributed by atoms with Gasteiger partial charge in [-0.25, -0.2) is 13.1 Å². The van der Waals surface area contributed by atoms with E-state index in [1.807, 2.05) is 39.8 Å². The first kappa shape index (κ1) is 25.5. The summed E-state index contributed by atoms with van der Waals surface area (Å²) in [4.78, 5) is 12.9. The lowest BCUT2D eigenvalue weighted by molar-refractivity contribution is -0.124. The van der Waals surface area contributed by atoms with Crippen molar-refractivity contribution in [1.82, 2.24) is 4.72 Å². The second kappa shape index (κ2) is 10.9. The molecule has 2 N–H and O–H groups in total. The third kappa shape index (κ3) is 6.95. The largest absolute Gasteiger partial charge is 0.493 e. The van der Waals surface area contributed by atoms with Crippen LogP contribution in [-0.2, 0) is 21.4 Å². The quantitative estimate of drug-likeness (QED) is 0.365. The maximum Gasteiger partial charge on any atom is 0.240 e. The number of rotatable bonds is 11. The number of ether oxygens (including phenoxy) is 1. The molecule has 0 radical (unpaired) electrons. The number of furan rings is 1. The van der Waals surface area contributed by atoms with Crippen LogP contribution in [0.25, 0.3) is 0 Å². The summed E-state index contributed by atoms with van der Waals surface area (Å²) in [5.41, 5.74) is 2.16. The van der Waals surface area contributed by atoms with E-state index in [9.17, 15) is 13.2 Å². The second-order valence-corrected chi connectivity index (χ2v) is 10.8. The number of aryl methyl sites for hydroxylation is 2. The minimum Gasteiger partial charge on any atom is -0.493 e. The Kier molecular flexibility index (Phi) is 8.17. The van der Waals surface area contributed by atoms with Gasteiger partial charge in [0.25, 0.3) is 0 Å². The molecule has 1 heterocycles. The zero-order valence-electron chi connectivity index (χ0n) is 20.1. The Labute approximate surface area is 201 Å². The molecule has 0 aliphatic heterocycles. The lowest BCUT2D eigenvalue weighted by atomic mass is 9.87. The van der Waals surface area contributed by atoms with Crippen molar-refractivity contribution >= 4 is 21.6 Å². The van der Waals surface area contributed by atoms with E-state index in [1.165, 1.54) is 18.4 Å². The van der Waals surface area contributed by atoms with Crippen LogP contribution < -0.4 is 14.8 Å². The predicted molar refractivity (Wildman–Crippen MR) is 132 cm³/mol. The molecule has 1 aromatic heterocycles. The van der Waals surface area contributed by atoms with Gasteiger partial charge in [0, 0.05) is 11.1 Å². The molecule has 8 heteroatoms. The maximum absolute atomic E-state index is 12.8. The molecule has 0 aliphatic carbocycles. The fourth-order valence-electron chi connectivity index (χ4n) is 3.35. The highest BCUT2D eigenvalue weighted by molar-refractivity contribution is 7.89. The third-order valence-electron chi connectivity index (χ3n) is 5.60. The Morgan fingerprint density at radius 3 is 2.47 bits per heavy atom. The number of nitrogens with one attached hydrogen (secondary N) is 2. The topological polar surface area (TPSA) is 97.6 Å². The number of sulfonamides is 1. The number of carbonyl (C=O) groups excluding carboxylic acids is 1. The Morgan fingerprint density at radius 1 is 1.06 bits per heavy atom. The van der Waals surface area contributed by atoms with Crippen LogP contribution in [0.1, 0.15) is 43.6 Å². The average molecular weight is 485 g/mol. The molecule has 1 amide bonds. The highest BCUT2D eigenvalue weighted by atomic mass is 32.2. The number of hydrogen-bond donors (Lipinski definition) is 2. The van der Waals surface area contributed by atoms with E-state index in [4.69, 9.17) is 9.15 Å². The van der Waals surface area contributed by atoms with Crippen molar-refractivity contribution < 1.29 is 22.4 Å². The molecular weight excluding hydrogens is 452 g/mol. The molecule has 2 aromatic carbocycles. The monoisotopic (exact) mass is 484 g/mol. The number of anilines is 1. The van der Waals surface area contributed by atoms with Gasteiger partial charge in [0.15, 0.2) is 0 Å². The average Bonchev–Trinajstić information content (AvgIpc) is 3.32. The Balaban J connectivity index is 1.50. The number of benzene rings is 2. The zero-order chi connectivity index (χ0) is 24.8. The van der Waals surface area contributed by atoms with E-state index < -0.39 is 15.4 Å². The fourth-order valence-corrected chi connectivity index (χ4v) is 4.35. The smallest absolute Gasteiger partial charge is 0.240 e. The van der Waals surface area contributed by atoms with Crippen molar-refractivity contribution in [3.8, 4) is 5.75 Å². The first-order valence-electron chi connectivity index (χ1n) is 11.2. The first-order chi connectivity index (χ1) is 16.1. The normalized spacial score (nSPS) is 11.9. The molecule has 0 spiro atoms. The molecule has 0 saturated carbocycles. The summed E-state index contributed by atoms with van der Waals surface area (Å²) < 4.78 is 38.4. The summed E-state index contributed by atoms with van der Waals surface area (Å²) in [6.45, 7) is 8.40. The van der Waals surface area contributed by atoms with Crippen LogP contribution in [0.3, 0.4) is 0 Å². The van der Waals surface area contributed by atoms with Gasteiger partial charge < -0.3 is 14.5 Å². The van der Waals surface area contributed by atoms with Gasteiger partial charge in [-0.2, -0.15) is 0 Å². The number of carbonyl (C=O) groups is 1. The van der Waals surface area contributed by atoms with Crippen LogP contribution in [-0.4, -0.2) is 20.9 Å². The van der Waals surface area contributed by atoms with Crippen LogP contribution in [0.15, 0.2) is 70.2 Å². The van der Waals surface area contributed by atoms with Crippen LogP contribution >= 0.6 is 0 Å². The fraction of sp³-hybridized carbons (Fsp3) is 0.346. The van der Waals surface area contributed by atoms with Gasteiger partial charge in [0.1, 0.15) is 11.5 Å². The highest BCUT2D eigenvalue weighted by Gasteiger charge is 2.27. The van der Waals surface area contributed by atoms with Gasteiger partial charge in [-0.05, 0) is 80.3 Å². The Hall–Kier alpha value is -3.10. The van der Waals surface area contributed by atoms with Gasteiger partial charge in [-0.3, -0.25) is 4.79 Å². The van der Waals surface area contributed by atoms with Gasteiger partial charge >= 0.3 is 0 Å². The van der Waals surface area contributed by atoms with Crippen molar-refractivity contribution in [3.05, 3.63) is 77.7 Å². The molecule has 0 saturated heterocycles. The summed E-state index contributed by atoms with van der Waals surface area (Å²) in [5.74, 6) is 1.26. The molecular formula is C26H32N2O5S. The van der Waals surface area contributed by atoms with E-state index in [1.54, 1.807) is 24.3 Å². The third-order valence-corrected chi connectivity index (χ3v) is 7.02. The Bertz CT molecular complexity index is 1200. The summed E-state index contributed by atoms with van der Waals surface area (Å²) >= 11 is 0. The Morgan fingerprint density at radius 2 is 1.79 bits per heavy atom. The summed E-state index contributed by atoms with van der Waals surface area (Å²) in [7, 11) is -3.69. The van der Waals surface area contributed by atoms with E-state index in [0.29, 0.717) is 24.5 Å². The summed E-state index contributed by atoms with van der Waals surface area (Å²) in [6.07, 6.45) is 2.86. The van der Waals surface area contributed by atoms with Gasteiger partial charge in [0.2, 0.25) is 15.9 Å². The minimum atomic E-state index is -3.69. The van der Waals surface area contributed by atoms with Crippen LogP contribution in [0.5, 0.6) is 5.75 Å². The summed E-state index contributed by atoms with van der Waals surface area (Å²) in [6, 6.07) is 15.6. The van der Waals surface area contributed by atoms with Gasteiger partial charge in [0.05, 0.1) is 24.3 Å². The molecule has 7 nitrogen and oxygen atoms in total. The number of amides is 1. The van der Waals surface area contributed by atoms with Crippen LogP contribution in [0.2, 0.25) is 0 Å². The summed E-state index contributed by atoms with van der Waals surface area (Å²) in [5, 5.41) is 2.88.